The van der Waals surface area contributed by atoms with Gasteiger partial charge in [0.15, 0.2) is 0 Å². The smallest absolute Gasteiger partial charge is 0.225 e. The molecular weight excluding hydrogens is 238 g/mol. The summed E-state index contributed by atoms with van der Waals surface area (Å²) in [4.78, 5) is 13.8. The van der Waals surface area contributed by atoms with Crippen LogP contribution in [0.3, 0.4) is 0 Å². The molecule has 1 aliphatic rings. The molecule has 0 aliphatic carbocycles. The maximum absolute atomic E-state index is 5.65. The first-order valence-electron chi connectivity index (χ1n) is 7.17. The molecule has 0 radical (unpaired) electrons. The lowest BCUT2D eigenvalue weighted by atomic mass is 10.2. The average molecular weight is 263 g/mol. The molecule has 1 aromatic heterocycles. The van der Waals surface area contributed by atoms with Crippen LogP contribution in [-0.2, 0) is 6.54 Å². The zero-order chi connectivity index (χ0) is 13.8. The summed E-state index contributed by atoms with van der Waals surface area (Å²) in [6, 6.07) is 0.671. The normalized spacial score (nSPS) is 18.6. The third kappa shape index (κ3) is 3.22. The van der Waals surface area contributed by atoms with Gasteiger partial charge in [0, 0.05) is 56.2 Å². The van der Waals surface area contributed by atoms with Crippen LogP contribution in [0, 0.1) is 6.92 Å². The van der Waals surface area contributed by atoms with Gasteiger partial charge in [-0.15, -0.1) is 0 Å². The topological polar surface area (TPSA) is 58.3 Å². The number of aromatic nitrogens is 2. The summed E-state index contributed by atoms with van der Waals surface area (Å²) in [5.74, 6) is 0.846. The van der Waals surface area contributed by atoms with Crippen LogP contribution >= 0.6 is 0 Å². The number of hydrogen-bond donors (Lipinski definition) is 1. The molecule has 106 valence electrons. The molecule has 0 bridgehead atoms. The number of aryl methyl sites for hydroxylation is 1. The third-order valence-corrected chi connectivity index (χ3v) is 4.10. The highest BCUT2D eigenvalue weighted by Crippen LogP contribution is 2.15. The van der Waals surface area contributed by atoms with Gasteiger partial charge in [-0.2, -0.15) is 0 Å². The van der Waals surface area contributed by atoms with Gasteiger partial charge < -0.3 is 10.6 Å². The van der Waals surface area contributed by atoms with E-state index in [1.165, 1.54) is 6.42 Å². The molecule has 5 heteroatoms. The maximum atomic E-state index is 5.65. The van der Waals surface area contributed by atoms with Gasteiger partial charge in [0.1, 0.15) is 0 Å². The Labute approximate surface area is 115 Å². The number of piperazine rings is 1. The van der Waals surface area contributed by atoms with Crippen LogP contribution in [-0.4, -0.2) is 47.1 Å². The minimum Gasteiger partial charge on any atom is -0.338 e. The zero-order valence-electron chi connectivity index (χ0n) is 12.3. The van der Waals surface area contributed by atoms with Gasteiger partial charge in [0.2, 0.25) is 5.95 Å². The molecule has 1 atom stereocenters. The van der Waals surface area contributed by atoms with Crippen molar-refractivity contribution in [1.82, 2.24) is 14.9 Å². The van der Waals surface area contributed by atoms with E-state index in [2.05, 4.69) is 33.6 Å². The molecular formula is C14H25N5. The highest BCUT2D eigenvalue weighted by Gasteiger charge is 2.21. The van der Waals surface area contributed by atoms with E-state index in [0.29, 0.717) is 12.6 Å². The van der Waals surface area contributed by atoms with E-state index in [1.54, 1.807) is 0 Å². The minimum absolute atomic E-state index is 0.508. The Morgan fingerprint density at radius 3 is 2.53 bits per heavy atom. The van der Waals surface area contributed by atoms with Gasteiger partial charge in [-0.1, -0.05) is 6.92 Å². The van der Waals surface area contributed by atoms with Crippen LogP contribution in [0.2, 0.25) is 0 Å². The van der Waals surface area contributed by atoms with E-state index < -0.39 is 0 Å². The molecule has 0 spiro atoms. The number of anilines is 1. The van der Waals surface area contributed by atoms with Gasteiger partial charge in [-0.25, -0.2) is 9.97 Å². The molecule has 1 aliphatic heterocycles. The van der Waals surface area contributed by atoms with Crippen molar-refractivity contribution in [3.8, 4) is 0 Å². The highest BCUT2D eigenvalue weighted by molar-refractivity contribution is 5.33. The Morgan fingerprint density at radius 1 is 1.32 bits per heavy atom. The molecule has 0 amide bonds. The Hall–Kier alpha value is -1.20. The van der Waals surface area contributed by atoms with Crippen LogP contribution in [0.15, 0.2) is 6.20 Å². The fraction of sp³-hybridized carbons (Fsp3) is 0.714. The summed E-state index contributed by atoms with van der Waals surface area (Å²) in [6.45, 7) is 11.3. The van der Waals surface area contributed by atoms with Crippen LogP contribution in [0.4, 0.5) is 5.95 Å². The molecule has 1 saturated heterocycles. The molecule has 5 nitrogen and oxygen atoms in total. The van der Waals surface area contributed by atoms with E-state index >= 15 is 0 Å². The monoisotopic (exact) mass is 263 g/mol. The second kappa shape index (κ2) is 6.30. The largest absolute Gasteiger partial charge is 0.338 e. The van der Waals surface area contributed by atoms with E-state index in [4.69, 9.17) is 5.73 Å². The summed E-state index contributed by atoms with van der Waals surface area (Å²) >= 11 is 0. The summed E-state index contributed by atoms with van der Waals surface area (Å²) < 4.78 is 0. The fourth-order valence-corrected chi connectivity index (χ4v) is 2.45. The SMILES string of the molecule is CCC(C)N1CCN(c2ncc(CN)c(C)n2)CC1. The Bertz CT molecular complexity index is 412. The highest BCUT2D eigenvalue weighted by atomic mass is 15.3. The Morgan fingerprint density at radius 2 is 2.00 bits per heavy atom. The molecule has 1 fully saturated rings. The summed E-state index contributed by atoms with van der Waals surface area (Å²) in [5, 5.41) is 0. The fourth-order valence-electron chi connectivity index (χ4n) is 2.45. The summed E-state index contributed by atoms with van der Waals surface area (Å²) in [5.41, 5.74) is 7.67. The molecule has 2 N–H and O–H groups in total. The van der Waals surface area contributed by atoms with Crippen LogP contribution in [0.25, 0.3) is 0 Å². The summed E-state index contributed by atoms with van der Waals surface area (Å²) in [6.07, 6.45) is 3.07. The van der Waals surface area contributed by atoms with Crippen molar-refractivity contribution in [2.75, 3.05) is 31.1 Å². The van der Waals surface area contributed by atoms with Crippen molar-refractivity contribution in [1.29, 1.82) is 0 Å². The van der Waals surface area contributed by atoms with Gasteiger partial charge in [-0.3, -0.25) is 4.90 Å². The van der Waals surface area contributed by atoms with E-state index in [0.717, 1.165) is 43.4 Å². The molecule has 19 heavy (non-hydrogen) atoms. The first-order chi connectivity index (χ1) is 9.15. The van der Waals surface area contributed by atoms with Gasteiger partial charge >= 0.3 is 0 Å². The lowest BCUT2D eigenvalue weighted by Gasteiger charge is -2.37. The second-order valence-corrected chi connectivity index (χ2v) is 5.27. The predicted octanol–water partition coefficient (Wildman–Crippen LogP) is 1.16. The Kier molecular flexibility index (Phi) is 4.71. The van der Waals surface area contributed by atoms with Crippen molar-refractivity contribution in [3.05, 3.63) is 17.5 Å². The first-order valence-corrected chi connectivity index (χ1v) is 7.17. The van der Waals surface area contributed by atoms with Gasteiger partial charge in [0.25, 0.3) is 0 Å². The van der Waals surface area contributed by atoms with Crippen LogP contribution in [0.1, 0.15) is 31.5 Å². The molecule has 2 heterocycles. The van der Waals surface area contributed by atoms with Crippen LogP contribution < -0.4 is 10.6 Å². The van der Waals surface area contributed by atoms with Crippen molar-refractivity contribution < 1.29 is 0 Å². The number of nitrogens with zero attached hydrogens (tertiary/aromatic N) is 4. The lowest BCUT2D eigenvalue weighted by Crippen LogP contribution is -2.50. The Balaban J connectivity index is 1.99. The van der Waals surface area contributed by atoms with E-state index in [-0.39, 0.29) is 0 Å². The van der Waals surface area contributed by atoms with E-state index in [1.807, 2.05) is 13.1 Å². The van der Waals surface area contributed by atoms with Crippen molar-refractivity contribution in [2.24, 2.45) is 5.73 Å². The maximum Gasteiger partial charge on any atom is 0.225 e. The van der Waals surface area contributed by atoms with Gasteiger partial charge in [-0.05, 0) is 20.3 Å². The second-order valence-electron chi connectivity index (χ2n) is 5.27. The predicted molar refractivity (Wildman–Crippen MR) is 78.2 cm³/mol. The summed E-state index contributed by atoms with van der Waals surface area (Å²) in [7, 11) is 0. The molecule has 1 unspecified atom stereocenters. The van der Waals surface area contributed by atoms with Crippen molar-refractivity contribution in [3.63, 3.8) is 0 Å². The standard InChI is InChI=1S/C14H25N5/c1-4-11(2)18-5-7-19(8-6-18)14-16-10-13(9-15)12(3)17-14/h10-11H,4-9,15H2,1-3H3. The molecule has 0 aromatic carbocycles. The first kappa shape index (κ1) is 14.2. The van der Waals surface area contributed by atoms with Crippen molar-refractivity contribution >= 4 is 5.95 Å². The molecule has 2 rings (SSSR count). The number of nitrogens with two attached hydrogens (primary N) is 1. The minimum atomic E-state index is 0.508. The van der Waals surface area contributed by atoms with Crippen molar-refractivity contribution in [2.45, 2.75) is 39.8 Å². The average Bonchev–Trinajstić information content (AvgIpc) is 2.46. The molecule has 1 aromatic rings. The number of hydrogen-bond acceptors (Lipinski definition) is 5. The van der Waals surface area contributed by atoms with E-state index in [9.17, 15) is 0 Å². The number of rotatable bonds is 4. The quantitative estimate of drug-likeness (QED) is 0.883. The third-order valence-electron chi connectivity index (χ3n) is 4.10. The van der Waals surface area contributed by atoms with Crippen LogP contribution in [0.5, 0.6) is 0 Å². The molecule has 0 saturated carbocycles. The van der Waals surface area contributed by atoms with Gasteiger partial charge in [0.05, 0.1) is 0 Å². The zero-order valence-corrected chi connectivity index (χ0v) is 12.3. The lowest BCUT2D eigenvalue weighted by molar-refractivity contribution is 0.192.